The maximum atomic E-state index is 6.22. The van der Waals surface area contributed by atoms with Gasteiger partial charge < -0.3 is 16.0 Å². The summed E-state index contributed by atoms with van der Waals surface area (Å²) in [6, 6.07) is 11.3. The van der Waals surface area contributed by atoms with Crippen molar-refractivity contribution in [2.24, 2.45) is 10.7 Å². The van der Waals surface area contributed by atoms with Gasteiger partial charge in [-0.15, -0.1) is 24.0 Å². The first kappa shape index (κ1) is 20.8. The molecule has 0 aliphatic heterocycles. The first-order chi connectivity index (χ1) is 11.9. The summed E-state index contributed by atoms with van der Waals surface area (Å²) in [6.45, 7) is 4.36. The number of imidazole rings is 1. The Morgan fingerprint density at radius 2 is 2.08 bits per heavy atom. The van der Waals surface area contributed by atoms with Crippen LogP contribution in [0.1, 0.15) is 29.9 Å². The Morgan fingerprint density at radius 1 is 1.31 bits per heavy atom. The zero-order chi connectivity index (χ0) is 18.0. The summed E-state index contributed by atoms with van der Waals surface area (Å²) in [5.74, 6) is 1.10. The lowest BCUT2D eigenvalue weighted by atomic mass is 10.1. The van der Waals surface area contributed by atoms with Crippen molar-refractivity contribution < 1.29 is 0 Å². The van der Waals surface area contributed by atoms with Crippen LogP contribution in [0.4, 0.5) is 0 Å². The molecule has 138 valence electrons. The number of benzene rings is 2. The maximum Gasteiger partial charge on any atom is 0.189 e. The fourth-order valence-corrected chi connectivity index (χ4v) is 3.23. The molecule has 0 aliphatic carbocycles. The highest BCUT2D eigenvalue weighted by Crippen LogP contribution is 2.26. The first-order valence-corrected chi connectivity index (χ1v) is 8.65. The number of nitrogens with one attached hydrogen (secondary N) is 2. The summed E-state index contributed by atoms with van der Waals surface area (Å²) in [7, 11) is 0. The molecule has 3 aromatic rings. The summed E-state index contributed by atoms with van der Waals surface area (Å²) in [5, 5.41) is 4.32. The van der Waals surface area contributed by atoms with Crippen molar-refractivity contribution in [2.45, 2.75) is 26.4 Å². The molecule has 1 unspecified atom stereocenters. The van der Waals surface area contributed by atoms with Gasteiger partial charge in [-0.25, -0.2) is 9.98 Å². The van der Waals surface area contributed by atoms with E-state index in [2.05, 4.69) is 20.3 Å². The predicted molar refractivity (Wildman–Crippen MR) is 120 cm³/mol. The summed E-state index contributed by atoms with van der Waals surface area (Å²) in [4.78, 5) is 12.2. The van der Waals surface area contributed by atoms with Gasteiger partial charge >= 0.3 is 0 Å². The van der Waals surface area contributed by atoms with Crippen LogP contribution in [-0.2, 0) is 6.54 Å². The van der Waals surface area contributed by atoms with E-state index in [9.17, 15) is 0 Å². The lowest BCUT2D eigenvalue weighted by Crippen LogP contribution is -2.34. The van der Waals surface area contributed by atoms with Crippen molar-refractivity contribution in [3.05, 3.63) is 63.4 Å². The van der Waals surface area contributed by atoms with E-state index in [1.165, 1.54) is 0 Å². The Morgan fingerprint density at radius 3 is 2.77 bits per heavy atom. The standard InChI is InChI=1S/C18H19Cl2N5.HI/c1-10-4-3-5-15-17(10)25-16(24-15)9-22-18(21)23-11(2)13-7-6-12(19)8-14(13)20;/h3-8,11H,9H2,1-2H3,(H,24,25)(H3,21,22,23);1H. The van der Waals surface area contributed by atoms with Crippen LogP contribution in [0, 0.1) is 6.92 Å². The fourth-order valence-electron chi connectivity index (χ4n) is 2.66. The fraction of sp³-hybridized carbons (Fsp3) is 0.222. The third-order valence-electron chi connectivity index (χ3n) is 3.96. The van der Waals surface area contributed by atoms with Gasteiger partial charge in [-0.05, 0) is 43.2 Å². The number of aromatic nitrogens is 2. The molecule has 0 amide bonds. The van der Waals surface area contributed by atoms with Gasteiger partial charge in [0.15, 0.2) is 5.96 Å². The summed E-state index contributed by atoms with van der Waals surface area (Å²) < 4.78 is 0. The highest BCUT2D eigenvalue weighted by molar-refractivity contribution is 14.0. The summed E-state index contributed by atoms with van der Waals surface area (Å²) >= 11 is 12.1. The number of aryl methyl sites for hydroxylation is 1. The number of fused-ring (bicyclic) bond motifs is 1. The average Bonchev–Trinajstić information content (AvgIpc) is 2.97. The number of H-pyrrole nitrogens is 1. The topological polar surface area (TPSA) is 79.1 Å². The van der Waals surface area contributed by atoms with Crippen molar-refractivity contribution in [3.63, 3.8) is 0 Å². The van der Waals surface area contributed by atoms with Crippen LogP contribution in [-0.4, -0.2) is 15.9 Å². The van der Waals surface area contributed by atoms with E-state index in [0.717, 1.165) is 28.0 Å². The molecule has 0 spiro atoms. The molecule has 1 aromatic heterocycles. The van der Waals surface area contributed by atoms with Crippen molar-refractivity contribution >= 4 is 64.2 Å². The van der Waals surface area contributed by atoms with Gasteiger partial charge in [0.05, 0.1) is 17.1 Å². The van der Waals surface area contributed by atoms with E-state index >= 15 is 0 Å². The molecule has 8 heteroatoms. The van der Waals surface area contributed by atoms with Crippen LogP contribution in [0.25, 0.3) is 11.0 Å². The molecule has 3 rings (SSSR count). The van der Waals surface area contributed by atoms with Crippen molar-refractivity contribution in [2.75, 3.05) is 0 Å². The smallest absolute Gasteiger partial charge is 0.189 e. The van der Waals surface area contributed by atoms with Gasteiger partial charge in [-0.2, -0.15) is 0 Å². The molecule has 0 saturated carbocycles. The molecule has 0 bridgehead atoms. The molecule has 0 aliphatic rings. The van der Waals surface area contributed by atoms with Crippen LogP contribution in [0.2, 0.25) is 10.0 Å². The number of guanidine groups is 1. The number of aliphatic imine (C=N–C) groups is 1. The Balaban J connectivity index is 0.00000243. The molecule has 5 nitrogen and oxygen atoms in total. The van der Waals surface area contributed by atoms with Gasteiger partial charge in [-0.3, -0.25) is 0 Å². The van der Waals surface area contributed by atoms with E-state index in [1.54, 1.807) is 12.1 Å². The monoisotopic (exact) mass is 503 g/mol. The van der Waals surface area contributed by atoms with E-state index in [4.69, 9.17) is 28.9 Å². The van der Waals surface area contributed by atoms with Crippen LogP contribution in [0.5, 0.6) is 0 Å². The maximum absolute atomic E-state index is 6.22. The van der Waals surface area contributed by atoms with E-state index in [0.29, 0.717) is 22.5 Å². The van der Waals surface area contributed by atoms with Crippen LogP contribution < -0.4 is 11.1 Å². The number of para-hydroxylation sites is 1. The largest absolute Gasteiger partial charge is 0.370 e. The van der Waals surface area contributed by atoms with Crippen molar-refractivity contribution in [3.8, 4) is 0 Å². The molecule has 26 heavy (non-hydrogen) atoms. The number of nitrogens with zero attached hydrogens (tertiary/aromatic N) is 2. The average molecular weight is 504 g/mol. The minimum Gasteiger partial charge on any atom is -0.370 e. The number of nitrogens with two attached hydrogens (primary N) is 1. The molecule has 0 saturated heterocycles. The predicted octanol–water partition coefficient (Wildman–Crippen LogP) is 4.96. The molecular weight excluding hydrogens is 484 g/mol. The molecule has 0 fully saturated rings. The van der Waals surface area contributed by atoms with Crippen molar-refractivity contribution in [1.82, 2.24) is 15.3 Å². The minimum atomic E-state index is -0.0913. The summed E-state index contributed by atoms with van der Waals surface area (Å²) in [5.41, 5.74) is 9.98. The van der Waals surface area contributed by atoms with Gasteiger partial charge in [0.25, 0.3) is 0 Å². The van der Waals surface area contributed by atoms with Crippen LogP contribution in [0.15, 0.2) is 41.4 Å². The molecule has 4 N–H and O–H groups in total. The third-order valence-corrected chi connectivity index (χ3v) is 4.52. The zero-order valence-corrected chi connectivity index (χ0v) is 18.2. The lowest BCUT2D eigenvalue weighted by Gasteiger charge is -2.16. The number of rotatable bonds is 4. The van der Waals surface area contributed by atoms with E-state index < -0.39 is 0 Å². The molecule has 1 heterocycles. The summed E-state index contributed by atoms with van der Waals surface area (Å²) in [6.07, 6.45) is 0. The van der Waals surface area contributed by atoms with Gasteiger partial charge in [0, 0.05) is 10.0 Å². The molecule has 2 aromatic carbocycles. The highest BCUT2D eigenvalue weighted by atomic mass is 127. The van der Waals surface area contributed by atoms with Gasteiger partial charge in [0.2, 0.25) is 0 Å². The Hall–Kier alpha value is -1.51. The Kier molecular flexibility index (Phi) is 7.14. The number of hydrogen-bond donors (Lipinski definition) is 3. The molecule has 1 atom stereocenters. The Labute approximate surface area is 179 Å². The lowest BCUT2D eigenvalue weighted by molar-refractivity contribution is 0.707. The second-order valence-electron chi connectivity index (χ2n) is 5.89. The normalized spacial score (nSPS) is 12.7. The number of halogens is 3. The second kappa shape index (κ2) is 8.92. The van der Waals surface area contributed by atoms with Crippen LogP contribution >= 0.6 is 47.2 Å². The van der Waals surface area contributed by atoms with Crippen LogP contribution in [0.3, 0.4) is 0 Å². The number of aromatic amines is 1. The third kappa shape index (κ3) is 4.81. The SMILES string of the molecule is Cc1cccc2[nH]c(CN=C(N)NC(C)c3ccc(Cl)cc3Cl)nc12.I. The zero-order valence-electron chi connectivity index (χ0n) is 14.4. The first-order valence-electron chi connectivity index (χ1n) is 7.89. The molecule has 0 radical (unpaired) electrons. The minimum absolute atomic E-state index is 0. The second-order valence-corrected chi connectivity index (χ2v) is 6.73. The van der Waals surface area contributed by atoms with E-state index in [1.807, 2.05) is 38.1 Å². The quantitative estimate of drug-likeness (QED) is 0.267. The Bertz CT molecular complexity index is 938. The molecular formula is C18H20Cl2IN5. The highest BCUT2D eigenvalue weighted by Gasteiger charge is 2.11. The number of hydrogen-bond acceptors (Lipinski definition) is 2. The van der Waals surface area contributed by atoms with Gasteiger partial charge in [0.1, 0.15) is 12.4 Å². The van der Waals surface area contributed by atoms with Crippen molar-refractivity contribution in [1.29, 1.82) is 0 Å². The van der Waals surface area contributed by atoms with Gasteiger partial charge in [-0.1, -0.05) is 41.4 Å². The van der Waals surface area contributed by atoms with E-state index in [-0.39, 0.29) is 30.0 Å².